The number of anilines is 3. The van der Waals surface area contributed by atoms with Crippen LogP contribution >= 0.6 is 0 Å². The van der Waals surface area contributed by atoms with Crippen molar-refractivity contribution >= 4 is 23.0 Å². The predicted molar refractivity (Wildman–Crippen MR) is 79.7 cm³/mol. The van der Waals surface area contributed by atoms with Crippen molar-refractivity contribution in [1.82, 2.24) is 4.98 Å². The molecule has 0 aliphatic heterocycles. The molecule has 0 bridgehead atoms. The first-order valence-electron chi connectivity index (χ1n) is 6.14. The molecule has 0 spiro atoms. The molecule has 1 N–H and O–H groups in total. The normalized spacial score (nSPS) is 9.76. The Morgan fingerprint density at radius 2 is 2.14 bits per heavy atom. The Bertz CT molecular complexity index is 724. The van der Waals surface area contributed by atoms with Gasteiger partial charge in [0.2, 0.25) is 5.82 Å². The molecule has 0 aliphatic carbocycles. The smallest absolute Gasteiger partial charge is 0.312 e. The van der Waals surface area contributed by atoms with Crippen molar-refractivity contribution in [2.75, 3.05) is 24.3 Å². The minimum Gasteiger partial charge on any atom is -0.373 e. The molecule has 1 heterocycles. The van der Waals surface area contributed by atoms with Gasteiger partial charge in [0.25, 0.3) is 0 Å². The number of aromatic nitrogens is 1. The minimum atomic E-state index is -0.480. The zero-order chi connectivity index (χ0) is 15.4. The van der Waals surface area contributed by atoms with Crippen LogP contribution in [0, 0.1) is 21.4 Å². The van der Waals surface area contributed by atoms with E-state index in [0.717, 1.165) is 0 Å². The van der Waals surface area contributed by atoms with Crippen LogP contribution in [0.5, 0.6) is 0 Å². The fourth-order valence-corrected chi connectivity index (χ4v) is 1.88. The van der Waals surface area contributed by atoms with Crippen molar-refractivity contribution in [3.63, 3.8) is 0 Å². The van der Waals surface area contributed by atoms with E-state index in [4.69, 9.17) is 5.26 Å². The second-order valence-corrected chi connectivity index (χ2v) is 4.27. The summed E-state index contributed by atoms with van der Waals surface area (Å²) in [6.07, 6.45) is 0. The number of hydrogen-bond donors (Lipinski definition) is 1. The molecule has 0 saturated carbocycles. The number of rotatable bonds is 4. The Morgan fingerprint density at radius 1 is 1.38 bits per heavy atom. The van der Waals surface area contributed by atoms with Crippen LogP contribution in [0.3, 0.4) is 0 Å². The third-order valence-electron chi connectivity index (χ3n) is 2.99. The average molecular weight is 283 g/mol. The minimum absolute atomic E-state index is 0.0983. The van der Waals surface area contributed by atoms with Crippen LogP contribution in [0.4, 0.5) is 23.0 Å². The number of nitrogens with zero attached hydrogens (tertiary/aromatic N) is 4. The number of nitro groups is 1. The van der Waals surface area contributed by atoms with E-state index < -0.39 is 4.92 Å². The molecule has 0 saturated heterocycles. The largest absolute Gasteiger partial charge is 0.373 e. The highest BCUT2D eigenvalue weighted by molar-refractivity contribution is 5.70. The highest BCUT2D eigenvalue weighted by Gasteiger charge is 2.20. The van der Waals surface area contributed by atoms with Crippen LogP contribution in [0.2, 0.25) is 0 Å². The van der Waals surface area contributed by atoms with E-state index in [1.807, 2.05) is 6.07 Å². The summed E-state index contributed by atoms with van der Waals surface area (Å²) in [6, 6.07) is 11.8. The second kappa shape index (κ2) is 5.88. The summed E-state index contributed by atoms with van der Waals surface area (Å²) in [5, 5.41) is 22.9. The summed E-state index contributed by atoms with van der Waals surface area (Å²) in [6.45, 7) is 0. The van der Waals surface area contributed by atoms with E-state index in [1.54, 1.807) is 49.3 Å². The lowest BCUT2D eigenvalue weighted by molar-refractivity contribution is -0.384. The lowest BCUT2D eigenvalue weighted by atomic mass is 10.2. The zero-order valence-electron chi connectivity index (χ0n) is 11.6. The first kappa shape index (κ1) is 14.3. The first-order valence-corrected chi connectivity index (χ1v) is 6.14. The van der Waals surface area contributed by atoms with Gasteiger partial charge in [-0.2, -0.15) is 5.26 Å². The summed E-state index contributed by atoms with van der Waals surface area (Å²) in [7, 11) is 3.36. The molecule has 1 aromatic carbocycles. The lowest BCUT2D eigenvalue weighted by Crippen LogP contribution is -2.14. The van der Waals surface area contributed by atoms with Crippen molar-refractivity contribution in [2.24, 2.45) is 0 Å². The van der Waals surface area contributed by atoms with Gasteiger partial charge >= 0.3 is 5.69 Å². The van der Waals surface area contributed by atoms with Crippen molar-refractivity contribution in [3.05, 3.63) is 52.1 Å². The molecule has 2 aromatic rings. The van der Waals surface area contributed by atoms with Gasteiger partial charge in [0, 0.05) is 25.8 Å². The molecule has 21 heavy (non-hydrogen) atoms. The Labute approximate surface area is 121 Å². The van der Waals surface area contributed by atoms with Gasteiger partial charge in [-0.05, 0) is 24.3 Å². The Morgan fingerprint density at radius 3 is 2.76 bits per heavy atom. The van der Waals surface area contributed by atoms with Crippen LogP contribution in [0.25, 0.3) is 0 Å². The van der Waals surface area contributed by atoms with E-state index in [1.165, 1.54) is 6.07 Å². The SMILES string of the molecule is CNc1ccc([N+](=O)[O-])c(N(C)c2cccc(C#N)c2)n1. The van der Waals surface area contributed by atoms with E-state index >= 15 is 0 Å². The molecule has 0 aliphatic rings. The van der Waals surface area contributed by atoms with E-state index in [2.05, 4.69) is 10.3 Å². The summed E-state index contributed by atoms with van der Waals surface area (Å²) in [5.74, 6) is 0.737. The highest BCUT2D eigenvalue weighted by atomic mass is 16.6. The maximum atomic E-state index is 11.1. The Hall–Kier alpha value is -3.14. The van der Waals surface area contributed by atoms with Crippen LogP contribution in [-0.4, -0.2) is 24.0 Å². The summed E-state index contributed by atoms with van der Waals surface area (Å²) >= 11 is 0. The molecular weight excluding hydrogens is 270 g/mol. The fraction of sp³-hybridized carbons (Fsp3) is 0.143. The quantitative estimate of drug-likeness (QED) is 0.684. The van der Waals surface area contributed by atoms with Crippen LogP contribution in [0.1, 0.15) is 5.56 Å². The van der Waals surface area contributed by atoms with Gasteiger partial charge in [0.1, 0.15) is 5.82 Å². The highest BCUT2D eigenvalue weighted by Crippen LogP contribution is 2.31. The number of pyridine rings is 1. The Kier molecular flexibility index (Phi) is 4.00. The number of benzene rings is 1. The van der Waals surface area contributed by atoms with Gasteiger partial charge in [-0.25, -0.2) is 4.98 Å². The average Bonchev–Trinajstić information content (AvgIpc) is 2.53. The summed E-state index contributed by atoms with van der Waals surface area (Å²) in [4.78, 5) is 16.5. The number of hydrogen-bond acceptors (Lipinski definition) is 6. The van der Waals surface area contributed by atoms with Gasteiger partial charge in [0.05, 0.1) is 16.6 Å². The summed E-state index contributed by atoms with van der Waals surface area (Å²) in [5.41, 5.74) is 1.03. The first-order chi connectivity index (χ1) is 10.1. The molecule has 0 fully saturated rings. The second-order valence-electron chi connectivity index (χ2n) is 4.27. The zero-order valence-corrected chi connectivity index (χ0v) is 11.6. The van der Waals surface area contributed by atoms with E-state index in [0.29, 0.717) is 17.1 Å². The predicted octanol–water partition coefficient (Wildman–Crippen LogP) is 2.67. The molecule has 0 unspecified atom stereocenters. The summed E-state index contributed by atoms with van der Waals surface area (Å²) < 4.78 is 0. The fourth-order valence-electron chi connectivity index (χ4n) is 1.88. The third kappa shape index (κ3) is 2.90. The maximum Gasteiger partial charge on any atom is 0.312 e. The van der Waals surface area contributed by atoms with Crippen LogP contribution in [0.15, 0.2) is 36.4 Å². The topological polar surface area (TPSA) is 95.1 Å². The lowest BCUT2D eigenvalue weighted by Gasteiger charge is -2.19. The van der Waals surface area contributed by atoms with Gasteiger partial charge in [-0.15, -0.1) is 0 Å². The van der Waals surface area contributed by atoms with Crippen LogP contribution < -0.4 is 10.2 Å². The van der Waals surface area contributed by atoms with Crippen molar-refractivity contribution < 1.29 is 4.92 Å². The standard InChI is InChI=1S/C14H13N5O2/c1-16-13-7-6-12(19(20)21)14(17-13)18(2)11-5-3-4-10(8-11)9-15/h3-8H,1-2H3,(H,16,17). The molecule has 106 valence electrons. The Balaban J connectivity index is 2.53. The van der Waals surface area contributed by atoms with E-state index in [-0.39, 0.29) is 11.5 Å². The molecule has 0 atom stereocenters. The van der Waals surface area contributed by atoms with Gasteiger partial charge < -0.3 is 10.2 Å². The third-order valence-corrected chi connectivity index (χ3v) is 2.99. The molecular formula is C14H13N5O2. The molecule has 7 nitrogen and oxygen atoms in total. The van der Waals surface area contributed by atoms with Crippen molar-refractivity contribution in [2.45, 2.75) is 0 Å². The molecule has 1 aromatic heterocycles. The van der Waals surface area contributed by atoms with E-state index in [9.17, 15) is 10.1 Å². The van der Waals surface area contributed by atoms with Gasteiger partial charge in [-0.1, -0.05) is 6.07 Å². The van der Waals surface area contributed by atoms with Crippen molar-refractivity contribution in [3.8, 4) is 6.07 Å². The van der Waals surface area contributed by atoms with Crippen LogP contribution in [-0.2, 0) is 0 Å². The van der Waals surface area contributed by atoms with Crippen molar-refractivity contribution in [1.29, 1.82) is 5.26 Å². The van der Waals surface area contributed by atoms with Gasteiger partial charge in [0.15, 0.2) is 0 Å². The molecule has 0 radical (unpaired) electrons. The maximum absolute atomic E-state index is 11.1. The number of nitrogens with one attached hydrogen (secondary N) is 1. The van der Waals surface area contributed by atoms with Gasteiger partial charge in [-0.3, -0.25) is 10.1 Å². The monoisotopic (exact) mass is 283 g/mol. The number of nitriles is 1. The molecule has 2 rings (SSSR count). The molecule has 7 heteroatoms. The molecule has 0 amide bonds.